The summed E-state index contributed by atoms with van der Waals surface area (Å²) in [6.07, 6.45) is 10.1. The van der Waals surface area contributed by atoms with Gasteiger partial charge in [0.1, 0.15) is 13.2 Å². The van der Waals surface area contributed by atoms with E-state index in [9.17, 15) is 0 Å². The third-order valence-corrected chi connectivity index (χ3v) is 2.99. The van der Waals surface area contributed by atoms with E-state index in [1.54, 1.807) is 0 Å². The predicted molar refractivity (Wildman–Crippen MR) is 74.2 cm³/mol. The molecule has 2 aliphatic rings. The van der Waals surface area contributed by atoms with Crippen LogP contribution >= 0.6 is 0 Å². The highest BCUT2D eigenvalue weighted by Crippen LogP contribution is 2.15. The Kier molecular flexibility index (Phi) is 5.82. The molecule has 0 aromatic rings. The van der Waals surface area contributed by atoms with Crippen LogP contribution in [0, 0.1) is 0 Å². The Morgan fingerprint density at radius 1 is 1.15 bits per heavy atom. The van der Waals surface area contributed by atoms with E-state index in [-0.39, 0.29) is 6.04 Å². The van der Waals surface area contributed by atoms with Crippen molar-refractivity contribution in [2.45, 2.75) is 6.04 Å². The molecule has 110 valence electrons. The van der Waals surface area contributed by atoms with E-state index in [1.807, 2.05) is 12.3 Å². The van der Waals surface area contributed by atoms with Gasteiger partial charge in [-0.1, -0.05) is 12.2 Å². The summed E-state index contributed by atoms with van der Waals surface area (Å²) in [4.78, 5) is 19.2. The van der Waals surface area contributed by atoms with Gasteiger partial charge >= 0.3 is 0 Å². The van der Waals surface area contributed by atoms with Crippen LogP contribution in [0.1, 0.15) is 0 Å². The quantitative estimate of drug-likeness (QED) is 0.535. The van der Waals surface area contributed by atoms with E-state index in [0.717, 1.165) is 23.4 Å². The molecule has 0 aromatic heterocycles. The zero-order valence-electron chi connectivity index (χ0n) is 11.7. The smallest absolute Gasteiger partial charge is 0.107 e. The average molecular weight is 280 g/mol. The molecule has 2 rings (SSSR count). The molecule has 2 aliphatic heterocycles. The second-order valence-electron chi connectivity index (χ2n) is 4.34. The molecule has 0 radical (unpaired) electrons. The highest BCUT2D eigenvalue weighted by Gasteiger charge is 2.16. The van der Waals surface area contributed by atoms with Gasteiger partial charge in [-0.2, -0.15) is 0 Å². The molecule has 20 heavy (non-hydrogen) atoms. The zero-order valence-corrected chi connectivity index (χ0v) is 11.7. The largest absolute Gasteiger partial charge is 0.383 e. The minimum Gasteiger partial charge on any atom is -0.383 e. The van der Waals surface area contributed by atoms with Crippen molar-refractivity contribution in [2.75, 3.05) is 34.0 Å². The fourth-order valence-corrected chi connectivity index (χ4v) is 2.02. The number of nitrogens with one attached hydrogen (secondary N) is 2. The molecule has 1 unspecified atom stereocenters. The molecule has 6 nitrogen and oxygen atoms in total. The molecule has 0 bridgehead atoms. The molecule has 0 aromatic carbocycles. The van der Waals surface area contributed by atoms with Gasteiger partial charge in [-0.25, -0.2) is 19.6 Å². The molecule has 0 spiro atoms. The Balaban J connectivity index is 2.00. The molecular weight excluding hydrogens is 260 g/mol. The summed E-state index contributed by atoms with van der Waals surface area (Å²) in [5, 5.41) is 6.64. The average Bonchev–Trinajstić information content (AvgIpc) is 2.51. The summed E-state index contributed by atoms with van der Waals surface area (Å²) < 4.78 is 0. The Labute approximate surface area is 118 Å². The molecule has 0 aliphatic carbocycles. The van der Waals surface area contributed by atoms with Crippen LogP contribution in [0.25, 0.3) is 0 Å². The van der Waals surface area contributed by atoms with Crippen LogP contribution in [0.15, 0.2) is 47.3 Å². The first-order valence-electron chi connectivity index (χ1n) is 6.42. The minimum atomic E-state index is 0.0849. The van der Waals surface area contributed by atoms with Gasteiger partial charge in [-0.3, -0.25) is 0 Å². The lowest BCUT2D eigenvalue weighted by molar-refractivity contribution is -0.264. The molecule has 6 heteroatoms. The summed E-state index contributed by atoms with van der Waals surface area (Å²) in [7, 11) is 3.01. The highest BCUT2D eigenvalue weighted by molar-refractivity contribution is 5.37. The summed E-state index contributed by atoms with van der Waals surface area (Å²) in [6.45, 7) is 1.63. The first kappa shape index (κ1) is 14.8. The molecule has 1 atom stereocenters. The molecule has 0 fully saturated rings. The molecule has 0 amide bonds. The maximum absolute atomic E-state index is 4.96. The summed E-state index contributed by atoms with van der Waals surface area (Å²) in [5.41, 5.74) is 3.23. The van der Waals surface area contributed by atoms with Gasteiger partial charge in [0, 0.05) is 12.2 Å². The van der Waals surface area contributed by atoms with E-state index in [1.165, 1.54) is 14.2 Å². The lowest BCUT2D eigenvalue weighted by Gasteiger charge is -2.25. The van der Waals surface area contributed by atoms with Crippen molar-refractivity contribution >= 4 is 0 Å². The number of rotatable bonds is 7. The number of dihydropyridines is 2. The van der Waals surface area contributed by atoms with Gasteiger partial charge < -0.3 is 10.6 Å². The molecule has 2 N–H and O–H groups in total. The second kappa shape index (κ2) is 7.86. The highest BCUT2D eigenvalue weighted by atomic mass is 17.2. The summed E-state index contributed by atoms with van der Waals surface area (Å²) in [5.74, 6) is 0. The monoisotopic (exact) mass is 280 g/mol. The van der Waals surface area contributed by atoms with E-state index in [4.69, 9.17) is 9.78 Å². The van der Waals surface area contributed by atoms with Crippen LogP contribution in [0.3, 0.4) is 0 Å². The number of hydrogen-bond acceptors (Lipinski definition) is 6. The molecule has 0 saturated carbocycles. The van der Waals surface area contributed by atoms with Crippen molar-refractivity contribution < 1.29 is 19.6 Å². The SMILES string of the molecule is COOCC1=CCNC(C2C=C(COOC)C=CN2)=C1. The fourth-order valence-electron chi connectivity index (χ4n) is 2.02. The van der Waals surface area contributed by atoms with E-state index < -0.39 is 0 Å². The standard InChI is InChI=1S/C14H20N2O4/c1-17-19-9-11-3-5-15-13(7-11)14-8-12(4-6-16-14)10-20-18-2/h3-5,7-8,13,15-16H,6,9-10H2,1-2H3. The van der Waals surface area contributed by atoms with Crippen LogP contribution in [-0.4, -0.2) is 40.0 Å². The van der Waals surface area contributed by atoms with Crippen molar-refractivity contribution in [3.63, 3.8) is 0 Å². The van der Waals surface area contributed by atoms with Crippen molar-refractivity contribution in [3.05, 3.63) is 47.3 Å². The second-order valence-corrected chi connectivity index (χ2v) is 4.34. The summed E-state index contributed by atoms with van der Waals surface area (Å²) in [6, 6.07) is 0.0849. The summed E-state index contributed by atoms with van der Waals surface area (Å²) >= 11 is 0. The first-order valence-corrected chi connectivity index (χ1v) is 6.42. The van der Waals surface area contributed by atoms with Gasteiger partial charge in [-0.15, -0.1) is 0 Å². The maximum Gasteiger partial charge on any atom is 0.107 e. The Morgan fingerprint density at radius 3 is 2.65 bits per heavy atom. The third-order valence-electron chi connectivity index (χ3n) is 2.99. The van der Waals surface area contributed by atoms with Gasteiger partial charge in [0.05, 0.1) is 20.3 Å². The first-order chi connectivity index (χ1) is 9.83. The lowest BCUT2D eigenvalue weighted by Crippen LogP contribution is -2.36. The van der Waals surface area contributed by atoms with Crippen LogP contribution in [0.2, 0.25) is 0 Å². The van der Waals surface area contributed by atoms with Crippen molar-refractivity contribution in [1.82, 2.24) is 10.6 Å². The van der Waals surface area contributed by atoms with E-state index >= 15 is 0 Å². The van der Waals surface area contributed by atoms with Gasteiger partial charge in [0.2, 0.25) is 0 Å². The fraction of sp³-hybridized carbons (Fsp3) is 0.429. The Morgan fingerprint density at radius 2 is 1.90 bits per heavy atom. The van der Waals surface area contributed by atoms with Gasteiger partial charge in [0.25, 0.3) is 0 Å². The van der Waals surface area contributed by atoms with Crippen molar-refractivity contribution in [1.29, 1.82) is 0 Å². The minimum absolute atomic E-state index is 0.0849. The number of hydrogen-bond donors (Lipinski definition) is 2. The molecule has 2 heterocycles. The Bertz CT molecular complexity index is 440. The van der Waals surface area contributed by atoms with E-state index in [0.29, 0.717) is 13.2 Å². The molecule has 0 saturated heterocycles. The van der Waals surface area contributed by atoms with Crippen molar-refractivity contribution in [3.8, 4) is 0 Å². The predicted octanol–water partition coefficient (Wildman–Crippen LogP) is 0.968. The van der Waals surface area contributed by atoms with Crippen LogP contribution in [0.5, 0.6) is 0 Å². The van der Waals surface area contributed by atoms with Crippen LogP contribution in [0.4, 0.5) is 0 Å². The molecular formula is C14H20N2O4. The third kappa shape index (κ3) is 4.21. The zero-order chi connectivity index (χ0) is 14.2. The van der Waals surface area contributed by atoms with Gasteiger partial charge in [-0.05, 0) is 29.5 Å². The van der Waals surface area contributed by atoms with E-state index in [2.05, 4.69) is 38.6 Å². The maximum atomic E-state index is 4.96. The van der Waals surface area contributed by atoms with Crippen LogP contribution in [-0.2, 0) is 19.6 Å². The van der Waals surface area contributed by atoms with Crippen LogP contribution < -0.4 is 10.6 Å². The van der Waals surface area contributed by atoms with Crippen molar-refractivity contribution in [2.24, 2.45) is 0 Å². The topological polar surface area (TPSA) is 61.0 Å². The normalized spacial score (nSPS) is 21.5. The Hall–Kier alpha value is -1.60. The van der Waals surface area contributed by atoms with Gasteiger partial charge in [0.15, 0.2) is 0 Å². The lowest BCUT2D eigenvalue weighted by atomic mass is 10.0.